The van der Waals surface area contributed by atoms with Crippen LogP contribution in [0.2, 0.25) is 0 Å². The average molecular weight is 499 g/mol. The summed E-state index contributed by atoms with van der Waals surface area (Å²) in [6.07, 6.45) is 5.24. The summed E-state index contributed by atoms with van der Waals surface area (Å²) in [5, 5.41) is 24.6. The Hall–Kier alpha value is -3.10. The van der Waals surface area contributed by atoms with E-state index in [2.05, 4.69) is 10.6 Å². The van der Waals surface area contributed by atoms with Crippen molar-refractivity contribution in [1.29, 1.82) is 0 Å². The largest absolute Gasteiger partial charge is 0.445 e. The molecule has 196 valence electrons. The summed E-state index contributed by atoms with van der Waals surface area (Å²) in [6, 6.07) is 19.2. The molecule has 8 nitrogen and oxygen atoms in total. The highest BCUT2D eigenvalue weighted by Crippen LogP contribution is 2.19. The smallest absolute Gasteiger partial charge is 0.407 e. The van der Waals surface area contributed by atoms with E-state index in [0.29, 0.717) is 12.8 Å². The molecule has 4 atom stereocenters. The number of amides is 2. The van der Waals surface area contributed by atoms with Gasteiger partial charge >= 0.3 is 12.2 Å². The summed E-state index contributed by atoms with van der Waals surface area (Å²) in [7, 11) is 0. The van der Waals surface area contributed by atoms with Crippen LogP contribution in [0, 0.1) is 0 Å². The van der Waals surface area contributed by atoms with Gasteiger partial charge in [0.15, 0.2) is 0 Å². The number of carbonyl (C=O) groups is 2. The Morgan fingerprint density at radius 3 is 1.42 bits per heavy atom. The van der Waals surface area contributed by atoms with Gasteiger partial charge in [0.05, 0.1) is 12.2 Å². The van der Waals surface area contributed by atoms with E-state index in [0.717, 1.165) is 49.7 Å². The maximum Gasteiger partial charge on any atom is 0.407 e. The molecule has 0 aliphatic heterocycles. The first-order valence-corrected chi connectivity index (χ1v) is 12.8. The lowest BCUT2D eigenvalue weighted by Crippen LogP contribution is -2.39. The van der Waals surface area contributed by atoms with Gasteiger partial charge in [0.25, 0.3) is 0 Å². The molecule has 2 aromatic carbocycles. The number of aliphatic hydroxyl groups is 2. The second-order valence-corrected chi connectivity index (χ2v) is 9.45. The van der Waals surface area contributed by atoms with Crippen molar-refractivity contribution in [1.82, 2.24) is 10.6 Å². The molecule has 0 aromatic heterocycles. The first kappa shape index (κ1) is 27.5. The third-order valence-electron chi connectivity index (χ3n) is 6.36. The predicted octanol–water partition coefficient (Wildman–Crippen LogP) is 4.43. The zero-order valence-corrected chi connectivity index (χ0v) is 20.7. The lowest BCUT2D eigenvalue weighted by atomic mass is 9.93. The van der Waals surface area contributed by atoms with Crippen LogP contribution >= 0.6 is 0 Å². The molecule has 0 unspecified atom stereocenters. The minimum Gasteiger partial charge on any atom is -0.445 e. The van der Waals surface area contributed by atoms with Crippen LogP contribution in [0.15, 0.2) is 60.7 Å². The Morgan fingerprint density at radius 1 is 0.667 bits per heavy atom. The van der Waals surface area contributed by atoms with E-state index in [1.165, 1.54) is 0 Å². The third-order valence-corrected chi connectivity index (χ3v) is 6.36. The van der Waals surface area contributed by atoms with Gasteiger partial charge in [-0.05, 0) is 62.5 Å². The predicted molar refractivity (Wildman–Crippen MR) is 136 cm³/mol. The molecule has 4 rings (SSSR count). The molecule has 36 heavy (non-hydrogen) atoms. The quantitative estimate of drug-likeness (QED) is 0.468. The topological polar surface area (TPSA) is 117 Å². The first-order chi connectivity index (χ1) is 17.5. The maximum absolute atomic E-state index is 11.6. The Morgan fingerprint density at radius 2 is 1.06 bits per heavy atom. The molecular formula is C28H38N2O6. The van der Waals surface area contributed by atoms with Gasteiger partial charge in [0.1, 0.15) is 13.2 Å². The van der Waals surface area contributed by atoms with Crippen LogP contribution in [0.1, 0.15) is 62.5 Å². The average Bonchev–Trinajstić information content (AvgIpc) is 2.88. The van der Waals surface area contributed by atoms with Gasteiger partial charge in [-0.25, -0.2) is 9.59 Å². The Kier molecular flexibility index (Phi) is 11.5. The zero-order chi connectivity index (χ0) is 25.6. The second kappa shape index (κ2) is 15.1. The van der Waals surface area contributed by atoms with Crippen LogP contribution in [0.25, 0.3) is 0 Å². The lowest BCUT2D eigenvalue weighted by molar-refractivity contribution is 0.0987. The minimum absolute atomic E-state index is 0.0389. The number of rotatable bonds is 6. The molecule has 4 N–H and O–H groups in total. The Bertz CT molecular complexity index is 835. The summed E-state index contributed by atoms with van der Waals surface area (Å²) < 4.78 is 10.3. The van der Waals surface area contributed by atoms with E-state index in [4.69, 9.17) is 9.47 Å². The summed E-state index contributed by atoms with van der Waals surface area (Å²) in [6.45, 7) is 0.559. The highest BCUT2D eigenvalue weighted by Gasteiger charge is 2.23. The number of hydrogen-bond donors (Lipinski definition) is 4. The van der Waals surface area contributed by atoms with Crippen molar-refractivity contribution in [3.05, 3.63) is 71.8 Å². The van der Waals surface area contributed by atoms with Crippen molar-refractivity contribution < 1.29 is 29.3 Å². The third kappa shape index (κ3) is 10.7. The minimum atomic E-state index is -0.405. The summed E-state index contributed by atoms with van der Waals surface area (Å²) in [5.74, 6) is 0. The SMILES string of the molecule is O=C(N[C@@H]1CCC[C@H](O)C1)OCc1ccccc1.O=C(N[C@H]1CCC[C@@H](O)C1)OCc1ccccc1. The summed E-state index contributed by atoms with van der Waals surface area (Å²) in [4.78, 5) is 23.2. The maximum atomic E-state index is 11.6. The first-order valence-electron chi connectivity index (χ1n) is 12.8. The number of ether oxygens (including phenoxy) is 2. The highest BCUT2D eigenvalue weighted by atomic mass is 16.6. The van der Waals surface area contributed by atoms with Crippen LogP contribution in [-0.4, -0.2) is 46.7 Å². The fourth-order valence-corrected chi connectivity index (χ4v) is 4.45. The van der Waals surface area contributed by atoms with Gasteiger partial charge in [0.2, 0.25) is 0 Å². The van der Waals surface area contributed by atoms with Crippen molar-refractivity contribution in [3.63, 3.8) is 0 Å². The molecule has 2 aliphatic carbocycles. The molecule has 8 heteroatoms. The highest BCUT2D eigenvalue weighted by molar-refractivity contribution is 5.68. The Labute approximate surface area is 213 Å². The summed E-state index contributed by atoms with van der Waals surface area (Å²) in [5.41, 5.74) is 1.94. The standard InChI is InChI=1S/2C14H19NO3/c2*16-13-8-4-7-12(9-13)15-14(17)18-10-11-5-2-1-3-6-11/h2*1-3,5-6,12-13,16H,4,7-10H2,(H,15,17)/t2*12-,13+/m10/s1. The molecule has 2 fully saturated rings. The van der Waals surface area contributed by atoms with Crippen molar-refractivity contribution in [2.45, 2.75) is 88.9 Å². The second-order valence-electron chi connectivity index (χ2n) is 9.45. The monoisotopic (exact) mass is 498 g/mol. The molecule has 0 heterocycles. The van der Waals surface area contributed by atoms with Gasteiger partial charge in [-0.1, -0.05) is 60.7 Å². The lowest BCUT2D eigenvalue weighted by Gasteiger charge is -2.26. The molecule has 2 aromatic rings. The normalized spacial score (nSPS) is 23.4. The molecule has 2 saturated carbocycles. The number of carbonyl (C=O) groups excluding carboxylic acids is 2. The van der Waals surface area contributed by atoms with E-state index >= 15 is 0 Å². The van der Waals surface area contributed by atoms with Crippen molar-refractivity contribution in [3.8, 4) is 0 Å². The summed E-state index contributed by atoms with van der Waals surface area (Å²) >= 11 is 0. The number of aliphatic hydroxyl groups excluding tert-OH is 2. The number of alkyl carbamates (subject to hydrolysis) is 2. The van der Waals surface area contributed by atoms with Crippen molar-refractivity contribution in [2.75, 3.05) is 0 Å². The zero-order valence-electron chi connectivity index (χ0n) is 20.7. The number of hydrogen-bond acceptors (Lipinski definition) is 6. The van der Waals surface area contributed by atoms with E-state index in [9.17, 15) is 19.8 Å². The van der Waals surface area contributed by atoms with Gasteiger partial charge in [-0.2, -0.15) is 0 Å². The van der Waals surface area contributed by atoms with Crippen molar-refractivity contribution >= 4 is 12.2 Å². The number of nitrogens with one attached hydrogen (secondary N) is 2. The van der Waals surface area contributed by atoms with Crippen LogP contribution in [0.3, 0.4) is 0 Å². The molecular weight excluding hydrogens is 460 g/mol. The van der Waals surface area contributed by atoms with Crippen LogP contribution < -0.4 is 10.6 Å². The fourth-order valence-electron chi connectivity index (χ4n) is 4.45. The molecule has 0 bridgehead atoms. The molecule has 0 saturated heterocycles. The molecule has 2 amide bonds. The van der Waals surface area contributed by atoms with E-state index < -0.39 is 12.2 Å². The molecule has 0 radical (unpaired) electrons. The van der Waals surface area contributed by atoms with Crippen LogP contribution in [-0.2, 0) is 22.7 Å². The molecule has 0 spiro atoms. The van der Waals surface area contributed by atoms with E-state index in [1.54, 1.807) is 0 Å². The van der Waals surface area contributed by atoms with Gasteiger partial charge in [-0.15, -0.1) is 0 Å². The van der Waals surface area contributed by atoms with Crippen LogP contribution in [0.5, 0.6) is 0 Å². The van der Waals surface area contributed by atoms with Gasteiger partial charge in [0, 0.05) is 12.1 Å². The van der Waals surface area contributed by atoms with Gasteiger partial charge in [-0.3, -0.25) is 0 Å². The molecule has 2 aliphatic rings. The fraction of sp³-hybridized carbons (Fsp3) is 0.500. The van der Waals surface area contributed by atoms with Crippen LogP contribution in [0.4, 0.5) is 9.59 Å². The van der Waals surface area contributed by atoms with E-state index in [-0.39, 0.29) is 37.5 Å². The van der Waals surface area contributed by atoms with Crippen molar-refractivity contribution in [2.24, 2.45) is 0 Å². The number of benzene rings is 2. The Balaban J connectivity index is 0.000000201. The van der Waals surface area contributed by atoms with Gasteiger partial charge < -0.3 is 30.3 Å². The van der Waals surface area contributed by atoms with E-state index in [1.807, 2.05) is 60.7 Å².